The molecular formula is C14H19N5O2. The van der Waals surface area contributed by atoms with Crippen molar-refractivity contribution in [2.24, 2.45) is 0 Å². The average Bonchev–Trinajstić information content (AvgIpc) is 3.02. The van der Waals surface area contributed by atoms with Crippen LogP contribution in [0.15, 0.2) is 36.9 Å². The van der Waals surface area contributed by atoms with Gasteiger partial charge in [0.1, 0.15) is 25.0 Å². The molecule has 112 valence electrons. The third-order valence-electron chi connectivity index (χ3n) is 3.28. The highest BCUT2D eigenvalue weighted by Gasteiger charge is 2.09. The molecule has 0 atom stereocenters. The van der Waals surface area contributed by atoms with Crippen LogP contribution in [-0.2, 0) is 4.74 Å². The van der Waals surface area contributed by atoms with E-state index in [0.717, 1.165) is 44.3 Å². The topological polar surface area (TPSA) is 64.4 Å². The molecule has 1 fully saturated rings. The Morgan fingerprint density at radius 1 is 1.29 bits per heavy atom. The third kappa shape index (κ3) is 4.17. The van der Waals surface area contributed by atoms with Gasteiger partial charge in [0.15, 0.2) is 0 Å². The summed E-state index contributed by atoms with van der Waals surface area (Å²) >= 11 is 0. The summed E-state index contributed by atoms with van der Waals surface area (Å²) in [6.45, 7) is 5.19. The van der Waals surface area contributed by atoms with Gasteiger partial charge in [0.2, 0.25) is 0 Å². The van der Waals surface area contributed by atoms with Crippen LogP contribution in [0.1, 0.15) is 0 Å². The second-order valence-electron chi connectivity index (χ2n) is 4.78. The lowest BCUT2D eigenvalue weighted by atomic mass is 10.3. The predicted molar refractivity (Wildman–Crippen MR) is 78.2 cm³/mol. The van der Waals surface area contributed by atoms with Gasteiger partial charge < -0.3 is 9.47 Å². The van der Waals surface area contributed by atoms with E-state index in [4.69, 9.17) is 9.47 Å². The predicted octanol–water partition coefficient (Wildman–Crippen LogP) is 0.864. The molecule has 1 aromatic carbocycles. The van der Waals surface area contributed by atoms with E-state index in [1.165, 1.54) is 6.33 Å². The molecule has 0 radical (unpaired) electrons. The van der Waals surface area contributed by atoms with Crippen molar-refractivity contribution in [3.8, 4) is 5.75 Å². The van der Waals surface area contributed by atoms with Crippen LogP contribution in [0.25, 0.3) is 0 Å². The smallest absolute Gasteiger partial charge is 0.139 e. The molecule has 7 heteroatoms. The number of morpholine rings is 1. The van der Waals surface area contributed by atoms with Crippen LogP contribution < -0.4 is 10.2 Å². The Bertz CT molecular complexity index is 540. The molecule has 0 saturated carbocycles. The molecule has 1 aliphatic rings. The van der Waals surface area contributed by atoms with E-state index >= 15 is 0 Å². The SMILES string of the molecule is c1cc(Nn2cncn2)cc(OCCN2CCOCC2)c1. The second kappa shape index (κ2) is 7.05. The molecule has 1 saturated heterocycles. The summed E-state index contributed by atoms with van der Waals surface area (Å²) in [5.74, 6) is 0.841. The van der Waals surface area contributed by atoms with E-state index in [9.17, 15) is 0 Å². The van der Waals surface area contributed by atoms with Crippen LogP contribution in [0.5, 0.6) is 5.75 Å². The van der Waals surface area contributed by atoms with Gasteiger partial charge in [-0.1, -0.05) is 6.07 Å². The van der Waals surface area contributed by atoms with Crippen molar-refractivity contribution in [2.45, 2.75) is 0 Å². The molecule has 0 aliphatic carbocycles. The molecule has 1 aliphatic heterocycles. The molecule has 0 bridgehead atoms. The van der Waals surface area contributed by atoms with E-state index in [0.29, 0.717) is 6.61 Å². The molecule has 3 rings (SSSR count). The average molecular weight is 289 g/mol. The molecule has 2 heterocycles. The molecule has 7 nitrogen and oxygen atoms in total. The summed E-state index contributed by atoms with van der Waals surface area (Å²) in [7, 11) is 0. The van der Waals surface area contributed by atoms with Gasteiger partial charge in [-0.15, -0.1) is 5.10 Å². The summed E-state index contributed by atoms with van der Waals surface area (Å²) in [4.78, 5) is 7.78. The fourth-order valence-corrected chi connectivity index (χ4v) is 2.17. The number of rotatable bonds is 6. The maximum Gasteiger partial charge on any atom is 0.139 e. The zero-order valence-corrected chi connectivity index (χ0v) is 11.8. The van der Waals surface area contributed by atoms with Crippen LogP contribution in [-0.4, -0.2) is 59.2 Å². The van der Waals surface area contributed by atoms with Crippen LogP contribution in [0, 0.1) is 0 Å². The molecule has 0 amide bonds. The summed E-state index contributed by atoms with van der Waals surface area (Å²) < 4.78 is 11.1. The Hall–Kier alpha value is -2.12. The van der Waals surface area contributed by atoms with E-state index in [1.54, 1.807) is 11.1 Å². The van der Waals surface area contributed by atoms with Gasteiger partial charge in [-0.25, -0.2) is 4.98 Å². The fourth-order valence-electron chi connectivity index (χ4n) is 2.17. The van der Waals surface area contributed by atoms with Crippen molar-refractivity contribution in [2.75, 3.05) is 44.9 Å². The maximum absolute atomic E-state index is 5.80. The zero-order valence-electron chi connectivity index (χ0n) is 11.8. The molecule has 2 aromatic rings. The first kappa shape index (κ1) is 13.8. The van der Waals surface area contributed by atoms with Crippen molar-refractivity contribution in [1.82, 2.24) is 19.8 Å². The largest absolute Gasteiger partial charge is 0.492 e. The summed E-state index contributed by atoms with van der Waals surface area (Å²) in [5.41, 5.74) is 4.01. The van der Waals surface area contributed by atoms with Gasteiger partial charge in [0, 0.05) is 25.7 Å². The van der Waals surface area contributed by atoms with Crippen molar-refractivity contribution < 1.29 is 9.47 Å². The Balaban J connectivity index is 1.48. The quantitative estimate of drug-likeness (QED) is 0.851. The standard InChI is InChI=1S/C14H19N5O2/c1-2-13(17-19-12-15-11-16-19)10-14(3-1)21-9-6-18-4-7-20-8-5-18/h1-3,10-12,17H,4-9H2. The Morgan fingerprint density at radius 3 is 3.00 bits per heavy atom. The molecule has 0 spiro atoms. The first-order valence-electron chi connectivity index (χ1n) is 7.05. The number of hydrogen-bond acceptors (Lipinski definition) is 6. The van der Waals surface area contributed by atoms with Crippen LogP contribution in [0.3, 0.4) is 0 Å². The summed E-state index contributed by atoms with van der Waals surface area (Å²) in [6.07, 6.45) is 3.08. The van der Waals surface area contributed by atoms with Gasteiger partial charge in [0.05, 0.1) is 18.9 Å². The lowest BCUT2D eigenvalue weighted by Crippen LogP contribution is -2.38. The number of nitrogens with zero attached hydrogens (tertiary/aromatic N) is 4. The number of ether oxygens (including phenoxy) is 2. The number of nitrogens with one attached hydrogen (secondary N) is 1. The highest BCUT2D eigenvalue weighted by Crippen LogP contribution is 2.17. The van der Waals surface area contributed by atoms with Gasteiger partial charge in [0.25, 0.3) is 0 Å². The van der Waals surface area contributed by atoms with Crippen LogP contribution in [0.2, 0.25) is 0 Å². The summed E-state index contributed by atoms with van der Waals surface area (Å²) in [5, 5.41) is 4.00. The van der Waals surface area contributed by atoms with E-state index in [1.807, 2.05) is 24.3 Å². The van der Waals surface area contributed by atoms with E-state index < -0.39 is 0 Å². The number of anilines is 1. The number of benzene rings is 1. The lowest BCUT2D eigenvalue weighted by molar-refractivity contribution is 0.0322. The minimum Gasteiger partial charge on any atom is -0.492 e. The van der Waals surface area contributed by atoms with Gasteiger partial charge >= 0.3 is 0 Å². The Morgan fingerprint density at radius 2 is 2.19 bits per heavy atom. The van der Waals surface area contributed by atoms with Gasteiger partial charge in [-0.3, -0.25) is 10.3 Å². The normalized spacial score (nSPS) is 15.8. The number of aromatic nitrogens is 3. The molecular weight excluding hydrogens is 270 g/mol. The third-order valence-corrected chi connectivity index (χ3v) is 3.28. The zero-order chi connectivity index (χ0) is 14.3. The maximum atomic E-state index is 5.80. The van der Waals surface area contributed by atoms with E-state index in [2.05, 4.69) is 20.4 Å². The molecule has 0 unspecified atom stereocenters. The van der Waals surface area contributed by atoms with Crippen molar-refractivity contribution in [3.63, 3.8) is 0 Å². The Labute approximate surface area is 123 Å². The highest BCUT2D eigenvalue weighted by atomic mass is 16.5. The first-order chi connectivity index (χ1) is 10.4. The van der Waals surface area contributed by atoms with E-state index in [-0.39, 0.29) is 0 Å². The second-order valence-corrected chi connectivity index (χ2v) is 4.78. The van der Waals surface area contributed by atoms with Crippen LogP contribution in [0.4, 0.5) is 5.69 Å². The molecule has 1 aromatic heterocycles. The highest BCUT2D eigenvalue weighted by molar-refractivity contribution is 5.47. The van der Waals surface area contributed by atoms with Crippen molar-refractivity contribution in [3.05, 3.63) is 36.9 Å². The minimum atomic E-state index is 0.673. The summed E-state index contributed by atoms with van der Waals surface area (Å²) in [6, 6.07) is 7.80. The van der Waals surface area contributed by atoms with Gasteiger partial charge in [-0.05, 0) is 12.1 Å². The first-order valence-corrected chi connectivity index (χ1v) is 7.05. The minimum absolute atomic E-state index is 0.673. The molecule has 1 N–H and O–H groups in total. The number of hydrogen-bond donors (Lipinski definition) is 1. The van der Waals surface area contributed by atoms with Gasteiger partial charge in [-0.2, -0.15) is 4.79 Å². The fraction of sp³-hybridized carbons (Fsp3) is 0.429. The monoisotopic (exact) mass is 289 g/mol. The van der Waals surface area contributed by atoms with Crippen LogP contribution >= 0.6 is 0 Å². The van der Waals surface area contributed by atoms with Crippen molar-refractivity contribution >= 4 is 5.69 Å². The molecule has 21 heavy (non-hydrogen) atoms. The lowest BCUT2D eigenvalue weighted by Gasteiger charge is -2.26. The Kier molecular flexibility index (Phi) is 4.65. The van der Waals surface area contributed by atoms with Crippen molar-refractivity contribution in [1.29, 1.82) is 0 Å².